The number of rotatable bonds is 2. The van der Waals surface area contributed by atoms with Crippen LogP contribution in [0.2, 0.25) is 0 Å². The van der Waals surface area contributed by atoms with Crippen LogP contribution in [0.5, 0.6) is 0 Å². The van der Waals surface area contributed by atoms with Crippen LogP contribution in [0.15, 0.2) is 40.5 Å². The SMILES string of the molecule is O=C(NNC(=O)c1cccs1)c1ccc2c(=O)n3c(nc2c1)CCCCC3. The highest BCUT2D eigenvalue weighted by atomic mass is 32.1. The topological polar surface area (TPSA) is 93.1 Å². The Labute approximate surface area is 159 Å². The molecule has 0 atom stereocenters. The zero-order chi connectivity index (χ0) is 18.8. The Morgan fingerprint density at radius 2 is 1.93 bits per heavy atom. The second kappa shape index (κ2) is 7.32. The molecule has 3 aromatic rings. The average Bonchev–Trinajstić information content (AvgIpc) is 3.12. The molecule has 1 aromatic carbocycles. The van der Waals surface area contributed by atoms with E-state index >= 15 is 0 Å². The lowest BCUT2D eigenvalue weighted by Gasteiger charge is -2.11. The zero-order valence-corrected chi connectivity index (χ0v) is 15.3. The summed E-state index contributed by atoms with van der Waals surface area (Å²) in [6, 6.07) is 8.22. The Kier molecular flexibility index (Phi) is 4.72. The number of amides is 2. The fourth-order valence-corrected chi connectivity index (χ4v) is 3.83. The molecular formula is C19H18N4O3S. The second-order valence-electron chi connectivity index (χ2n) is 6.41. The molecule has 0 aliphatic carbocycles. The van der Waals surface area contributed by atoms with E-state index in [1.165, 1.54) is 11.3 Å². The molecule has 0 saturated heterocycles. The van der Waals surface area contributed by atoms with E-state index in [1.807, 2.05) is 0 Å². The maximum absolute atomic E-state index is 12.7. The Bertz CT molecular complexity index is 1070. The van der Waals surface area contributed by atoms with E-state index in [0.717, 1.165) is 31.5 Å². The maximum atomic E-state index is 12.7. The van der Waals surface area contributed by atoms with Crippen LogP contribution in [0.3, 0.4) is 0 Å². The molecule has 2 N–H and O–H groups in total. The Morgan fingerprint density at radius 1 is 1.07 bits per heavy atom. The highest BCUT2D eigenvalue weighted by Crippen LogP contribution is 2.16. The van der Waals surface area contributed by atoms with Crippen LogP contribution < -0.4 is 16.4 Å². The molecule has 0 unspecified atom stereocenters. The average molecular weight is 382 g/mol. The summed E-state index contributed by atoms with van der Waals surface area (Å²) < 4.78 is 1.75. The molecule has 0 bridgehead atoms. The molecule has 0 radical (unpaired) electrons. The van der Waals surface area contributed by atoms with Gasteiger partial charge in [-0.15, -0.1) is 11.3 Å². The largest absolute Gasteiger partial charge is 0.296 e. The number of hydrogen-bond donors (Lipinski definition) is 2. The molecule has 138 valence electrons. The van der Waals surface area contributed by atoms with Crippen molar-refractivity contribution in [3.63, 3.8) is 0 Å². The first-order valence-electron chi connectivity index (χ1n) is 8.81. The fraction of sp³-hybridized carbons (Fsp3) is 0.263. The van der Waals surface area contributed by atoms with Crippen LogP contribution >= 0.6 is 11.3 Å². The van der Waals surface area contributed by atoms with E-state index in [4.69, 9.17) is 0 Å². The number of aryl methyl sites for hydroxylation is 1. The number of carbonyl (C=O) groups excluding carboxylic acids is 2. The highest BCUT2D eigenvalue weighted by molar-refractivity contribution is 7.12. The Morgan fingerprint density at radius 3 is 2.74 bits per heavy atom. The van der Waals surface area contributed by atoms with E-state index < -0.39 is 5.91 Å². The van der Waals surface area contributed by atoms with Gasteiger partial charge in [-0.1, -0.05) is 12.5 Å². The van der Waals surface area contributed by atoms with Crippen molar-refractivity contribution in [2.75, 3.05) is 0 Å². The van der Waals surface area contributed by atoms with Crippen molar-refractivity contribution in [3.05, 3.63) is 62.3 Å². The number of fused-ring (bicyclic) bond motifs is 2. The van der Waals surface area contributed by atoms with Gasteiger partial charge in [0.05, 0.1) is 15.8 Å². The zero-order valence-electron chi connectivity index (χ0n) is 14.5. The van der Waals surface area contributed by atoms with Gasteiger partial charge in [-0.25, -0.2) is 4.98 Å². The van der Waals surface area contributed by atoms with Gasteiger partial charge in [0.1, 0.15) is 5.82 Å². The summed E-state index contributed by atoms with van der Waals surface area (Å²) in [6.45, 7) is 0.689. The summed E-state index contributed by atoms with van der Waals surface area (Å²) in [4.78, 5) is 42.1. The lowest BCUT2D eigenvalue weighted by Crippen LogP contribution is -2.41. The molecule has 7 nitrogen and oxygen atoms in total. The molecule has 1 aliphatic rings. The number of hydrazine groups is 1. The molecule has 27 heavy (non-hydrogen) atoms. The molecule has 4 rings (SSSR count). The van der Waals surface area contributed by atoms with Crippen molar-refractivity contribution in [2.24, 2.45) is 0 Å². The number of nitrogens with zero attached hydrogens (tertiary/aromatic N) is 2. The van der Waals surface area contributed by atoms with E-state index in [-0.39, 0.29) is 11.5 Å². The van der Waals surface area contributed by atoms with Gasteiger partial charge in [0, 0.05) is 18.5 Å². The molecule has 2 amide bonds. The molecule has 1 aliphatic heterocycles. The summed E-state index contributed by atoms with van der Waals surface area (Å²) in [5, 5.41) is 2.28. The van der Waals surface area contributed by atoms with Gasteiger partial charge >= 0.3 is 0 Å². The lowest BCUT2D eigenvalue weighted by molar-refractivity contribution is 0.0849. The first-order chi connectivity index (χ1) is 13.1. The molecule has 0 fully saturated rings. The van der Waals surface area contributed by atoms with Crippen LogP contribution in [0.4, 0.5) is 0 Å². The van der Waals surface area contributed by atoms with E-state index in [0.29, 0.717) is 27.9 Å². The number of benzene rings is 1. The predicted octanol–water partition coefficient (Wildman–Crippen LogP) is 2.26. The minimum Gasteiger partial charge on any atom is -0.296 e. The van der Waals surface area contributed by atoms with Crippen molar-refractivity contribution in [1.82, 2.24) is 20.4 Å². The number of nitrogens with one attached hydrogen (secondary N) is 2. The number of hydrogen-bond acceptors (Lipinski definition) is 5. The quantitative estimate of drug-likeness (QED) is 0.665. The van der Waals surface area contributed by atoms with Crippen molar-refractivity contribution >= 4 is 34.1 Å². The Balaban J connectivity index is 1.58. The van der Waals surface area contributed by atoms with Crippen molar-refractivity contribution in [2.45, 2.75) is 32.2 Å². The maximum Gasteiger partial charge on any atom is 0.279 e. The third-order valence-corrected chi connectivity index (χ3v) is 5.48. The third kappa shape index (κ3) is 3.48. The van der Waals surface area contributed by atoms with Gasteiger partial charge in [-0.05, 0) is 42.5 Å². The Hall–Kier alpha value is -3.00. The van der Waals surface area contributed by atoms with E-state index in [9.17, 15) is 14.4 Å². The number of thiophene rings is 1. The van der Waals surface area contributed by atoms with Gasteiger partial charge in [-0.2, -0.15) is 0 Å². The van der Waals surface area contributed by atoms with E-state index in [2.05, 4.69) is 15.8 Å². The monoisotopic (exact) mass is 382 g/mol. The summed E-state index contributed by atoms with van der Waals surface area (Å²) in [5.74, 6) is -0.0620. The van der Waals surface area contributed by atoms with Gasteiger partial charge < -0.3 is 0 Å². The minimum absolute atomic E-state index is 0.0603. The fourth-order valence-electron chi connectivity index (χ4n) is 3.21. The van der Waals surface area contributed by atoms with Crippen LogP contribution in [-0.2, 0) is 13.0 Å². The van der Waals surface area contributed by atoms with Crippen LogP contribution in [0.1, 0.15) is 45.1 Å². The first kappa shape index (κ1) is 17.4. The smallest absolute Gasteiger partial charge is 0.279 e. The molecule has 0 spiro atoms. The van der Waals surface area contributed by atoms with Gasteiger partial charge in [0.2, 0.25) is 0 Å². The molecule has 0 saturated carbocycles. The second-order valence-corrected chi connectivity index (χ2v) is 7.36. The minimum atomic E-state index is -0.460. The number of carbonyl (C=O) groups is 2. The van der Waals surface area contributed by atoms with Gasteiger partial charge in [0.15, 0.2) is 0 Å². The van der Waals surface area contributed by atoms with Crippen molar-refractivity contribution in [1.29, 1.82) is 0 Å². The number of aromatic nitrogens is 2. The lowest BCUT2D eigenvalue weighted by atomic mass is 10.1. The van der Waals surface area contributed by atoms with Crippen LogP contribution in [0.25, 0.3) is 10.9 Å². The van der Waals surface area contributed by atoms with Crippen LogP contribution in [0, 0.1) is 0 Å². The summed E-state index contributed by atoms with van der Waals surface area (Å²) >= 11 is 1.29. The predicted molar refractivity (Wildman–Crippen MR) is 103 cm³/mol. The molecular weight excluding hydrogens is 364 g/mol. The molecule has 8 heteroatoms. The standard InChI is InChI=1S/C19H18N4O3S/c24-17(21-22-18(25)15-5-4-10-27-15)12-7-8-13-14(11-12)20-16-6-2-1-3-9-23(16)19(13)26/h4-5,7-8,10-11H,1-3,6,9H2,(H,21,24)(H,22,25). The molecule has 3 heterocycles. The van der Waals surface area contributed by atoms with Crippen molar-refractivity contribution in [3.8, 4) is 0 Å². The van der Waals surface area contributed by atoms with Crippen molar-refractivity contribution < 1.29 is 9.59 Å². The normalized spacial score (nSPS) is 13.6. The first-order valence-corrected chi connectivity index (χ1v) is 9.69. The van der Waals surface area contributed by atoms with E-state index in [1.54, 1.807) is 40.3 Å². The van der Waals surface area contributed by atoms with Crippen LogP contribution in [-0.4, -0.2) is 21.4 Å². The highest BCUT2D eigenvalue weighted by Gasteiger charge is 2.16. The summed E-state index contributed by atoms with van der Waals surface area (Å²) in [7, 11) is 0. The van der Waals surface area contributed by atoms with Gasteiger partial charge in [-0.3, -0.25) is 29.8 Å². The third-order valence-electron chi connectivity index (χ3n) is 4.61. The van der Waals surface area contributed by atoms with Gasteiger partial charge in [0.25, 0.3) is 17.4 Å². The molecule has 2 aromatic heterocycles. The summed E-state index contributed by atoms with van der Waals surface area (Å²) in [6.07, 6.45) is 3.83. The summed E-state index contributed by atoms with van der Waals surface area (Å²) in [5.41, 5.74) is 5.56.